The Morgan fingerprint density at radius 2 is 1.58 bits per heavy atom. The summed E-state index contributed by atoms with van der Waals surface area (Å²) in [5.74, 6) is -0.925. The first kappa shape index (κ1) is 22.1. The van der Waals surface area contributed by atoms with E-state index in [9.17, 15) is 9.59 Å². The van der Waals surface area contributed by atoms with Crippen molar-refractivity contribution in [3.05, 3.63) is 94.0 Å². The van der Waals surface area contributed by atoms with Crippen molar-refractivity contribution in [2.24, 2.45) is 5.10 Å². The van der Waals surface area contributed by atoms with Gasteiger partial charge in [-0.25, -0.2) is 5.43 Å². The van der Waals surface area contributed by atoms with Crippen LogP contribution in [0.3, 0.4) is 0 Å². The largest absolute Gasteiger partial charge is 0.489 e. The highest BCUT2D eigenvalue weighted by atomic mass is 35.5. The second-order valence-electron chi connectivity index (χ2n) is 6.90. The number of hydrogen-bond donors (Lipinski definition) is 2. The van der Waals surface area contributed by atoms with E-state index in [0.717, 1.165) is 22.3 Å². The number of hydrogen-bond acceptors (Lipinski definition) is 4. The van der Waals surface area contributed by atoms with Crippen molar-refractivity contribution in [3.8, 4) is 5.75 Å². The molecule has 7 heteroatoms. The summed E-state index contributed by atoms with van der Waals surface area (Å²) in [4.78, 5) is 24.1. The van der Waals surface area contributed by atoms with Gasteiger partial charge in [0, 0.05) is 10.7 Å². The van der Waals surface area contributed by atoms with Crippen LogP contribution < -0.4 is 15.5 Å². The van der Waals surface area contributed by atoms with Crippen LogP contribution in [0.1, 0.15) is 22.3 Å². The highest BCUT2D eigenvalue weighted by Gasteiger charge is 2.15. The van der Waals surface area contributed by atoms with Crippen molar-refractivity contribution < 1.29 is 14.3 Å². The highest BCUT2D eigenvalue weighted by molar-refractivity contribution is 6.39. The van der Waals surface area contributed by atoms with E-state index in [0.29, 0.717) is 23.1 Å². The zero-order valence-electron chi connectivity index (χ0n) is 17.2. The van der Waals surface area contributed by atoms with Crippen molar-refractivity contribution in [2.45, 2.75) is 20.5 Å². The van der Waals surface area contributed by atoms with Crippen LogP contribution in [0.25, 0.3) is 0 Å². The van der Waals surface area contributed by atoms with Gasteiger partial charge < -0.3 is 10.1 Å². The minimum atomic E-state index is -0.846. The van der Waals surface area contributed by atoms with Crippen LogP contribution in [0.4, 0.5) is 5.69 Å². The summed E-state index contributed by atoms with van der Waals surface area (Å²) in [5, 5.41) is 7.14. The molecule has 0 radical (unpaired) electrons. The molecule has 3 rings (SSSR count). The van der Waals surface area contributed by atoms with Gasteiger partial charge in [-0.15, -0.1) is 0 Å². The van der Waals surface area contributed by atoms with E-state index < -0.39 is 11.8 Å². The molecule has 2 N–H and O–H groups in total. The van der Waals surface area contributed by atoms with Gasteiger partial charge in [0.1, 0.15) is 12.4 Å². The van der Waals surface area contributed by atoms with Crippen molar-refractivity contribution in [3.63, 3.8) is 0 Å². The van der Waals surface area contributed by atoms with Crippen molar-refractivity contribution >= 4 is 35.3 Å². The molecule has 158 valence electrons. The topological polar surface area (TPSA) is 79.8 Å². The quantitative estimate of drug-likeness (QED) is 0.336. The number of amides is 2. The fraction of sp³-hybridized carbons (Fsp3) is 0.125. The molecule has 3 aromatic carbocycles. The molecule has 0 aromatic heterocycles. The second kappa shape index (κ2) is 10.4. The number of para-hydroxylation sites is 1. The molecule has 2 amide bonds. The minimum absolute atomic E-state index is 0.427. The SMILES string of the molecule is Cc1cccc(C)c1NC(=O)C(=O)NN=Cc1ccc(OCc2ccc(Cl)cc2)cc1. The summed E-state index contributed by atoms with van der Waals surface area (Å²) in [6.07, 6.45) is 1.45. The molecule has 0 heterocycles. The van der Waals surface area contributed by atoms with Crippen LogP contribution in [-0.4, -0.2) is 18.0 Å². The first-order valence-electron chi connectivity index (χ1n) is 9.60. The average Bonchev–Trinajstić information content (AvgIpc) is 2.76. The van der Waals surface area contributed by atoms with E-state index in [2.05, 4.69) is 15.8 Å². The Hall–Kier alpha value is -3.64. The number of benzene rings is 3. The predicted molar refractivity (Wildman–Crippen MR) is 123 cm³/mol. The third-order valence-corrected chi connectivity index (χ3v) is 4.76. The molecule has 0 atom stereocenters. The lowest BCUT2D eigenvalue weighted by molar-refractivity contribution is -0.136. The number of carbonyl (C=O) groups is 2. The molecule has 0 spiro atoms. The maximum atomic E-state index is 12.1. The number of nitrogens with zero attached hydrogens (tertiary/aromatic N) is 1. The average molecular weight is 436 g/mol. The fourth-order valence-corrected chi connectivity index (χ4v) is 2.92. The molecule has 0 fully saturated rings. The lowest BCUT2D eigenvalue weighted by Crippen LogP contribution is -2.32. The van der Waals surface area contributed by atoms with Crippen LogP contribution in [0.2, 0.25) is 5.02 Å². The standard InChI is InChI=1S/C24H22ClN3O3/c1-16-4-3-5-17(2)22(16)27-23(29)24(30)28-26-14-18-8-12-21(13-9-18)31-15-19-6-10-20(25)11-7-19/h3-14H,15H2,1-2H3,(H,27,29)(H,28,30). The monoisotopic (exact) mass is 435 g/mol. The van der Waals surface area contributed by atoms with Gasteiger partial charge in [0.15, 0.2) is 0 Å². The van der Waals surface area contributed by atoms with Crippen LogP contribution in [-0.2, 0) is 16.2 Å². The van der Waals surface area contributed by atoms with Crippen LogP contribution in [0, 0.1) is 13.8 Å². The van der Waals surface area contributed by atoms with Crippen molar-refractivity contribution in [1.82, 2.24) is 5.43 Å². The molecule has 0 saturated heterocycles. The van der Waals surface area contributed by atoms with E-state index in [1.807, 2.05) is 56.3 Å². The lowest BCUT2D eigenvalue weighted by atomic mass is 10.1. The van der Waals surface area contributed by atoms with Crippen molar-refractivity contribution in [1.29, 1.82) is 0 Å². The van der Waals surface area contributed by atoms with Gasteiger partial charge in [-0.3, -0.25) is 9.59 Å². The van der Waals surface area contributed by atoms with Gasteiger partial charge in [-0.1, -0.05) is 41.9 Å². The Labute approximate surface area is 185 Å². The molecule has 0 saturated carbocycles. The van der Waals surface area contributed by atoms with E-state index in [4.69, 9.17) is 16.3 Å². The first-order chi connectivity index (χ1) is 14.9. The predicted octanol–water partition coefficient (Wildman–Crippen LogP) is 4.62. The van der Waals surface area contributed by atoms with E-state index >= 15 is 0 Å². The number of halogens is 1. The number of hydrazone groups is 1. The van der Waals surface area contributed by atoms with E-state index in [1.54, 1.807) is 24.3 Å². The van der Waals surface area contributed by atoms with Gasteiger partial charge in [-0.05, 0) is 72.5 Å². The highest BCUT2D eigenvalue weighted by Crippen LogP contribution is 2.19. The minimum Gasteiger partial charge on any atom is -0.489 e. The van der Waals surface area contributed by atoms with Gasteiger partial charge >= 0.3 is 11.8 Å². The molecular weight excluding hydrogens is 414 g/mol. The van der Waals surface area contributed by atoms with Crippen LogP contribution in [0.15, 0.2) is 71.8 Å². The summed E-state index contributed by atoms with van der Waals surface area (Å²) >= 11 is 5.87. The number of ether oxygens (including phenoxy) is 1. The Bertz CT molecular complexity index is 1070. The molecule has 0 aliphatic heterocycles. The van der Waals surface area contributed by atoms with Gasteiger partial charge in [0.2, 0.25) is 0 Å². The Balaban J connectivity index is 1.49. The molecule has 3 aromatic rings. The maximum absolute atomic E-state index is 12.1. The third kappa shape index (κ3) is 6.42. The molecule has 0 bridgehead atoms. The number of rotatable bonds is 6. The molecular formula is C24H22ClN3O3. The zero-order chi connectivity index (χ0) is 22.2. The summed E-state index contributed by atoms with van der Waals surface area (Å²) in [7, 11) is 0. The molecule has 31 heavy (non-hydrogen) atoms. The van der Waals surface area contributed by atoms with Gasteiger partial charge in [-0.2, -0.15) is 5.10 Å². The Morgan fingerprint density at radius 3 is 2.23 bits per heavy atom. The Kier molecular flexibility index (Phi) is 7.40. The van der Waals surface area contributed by atoms with Gasteiger partial charge in [0.05, 0.1) is 6.21 Å². The molecule has 0 aliphatic rings. The summed E-state index contributed by atoms with van der Waals surface area (Å²) in [6.45, 7) is 4.15. The second-order valence-corrected chi connectivity index (χ2v) is 7.34. The summed E-state index contributed by atoms with van der Waals surface area (Å²) in [6, 6.07) is 20.2. The molecule has 6 nitrogen and oxygen atoms in total. The van der Waals surface area contributed by atoms with Gasteiger partial charge in [0.25, 0.3) is 0 Å². The number of carbonyl (C=O) groups excluding carboxylic acids is 2. The number of anilines is 1. The molecule has 0 aliphatic carbocycles. The fourth-order valence-electron chi connectivity index (χ4n) is 2.80. The lowest BCUT2D eigenvalue weighted by Gasteiger charge is -2.10. The maximum Gasteiger partial charge on any atom is 0.329 e. The summed E-state index contributed by atoms with van der Waals surface area (Å²) < 4.78 is 5.73. The zero-order valence-corrected chi connectivity index (χ0v) is 17.9. The van der Waals surface area contributed by atoms with Crippen molar-refractivity contribution in [2.75, 3.05) is 5.32 Å². The Morgan fingerprint density at radius 1 is 0.935 bits per heavy atom. The number of nitrogens with one attached hydrogen (secondary N) is 2. The molecule has 0 unspecified atom stereocenters. The van der Waals surface area contributed by atoms with Crippen LogP contribution >= 0.6 is 11.6 Å². The summed E-state index contributed by atoms with van der Waals surface area (Å²) in [5.41, 5.74) is 6.37. The van der Waals surface area contributed by atoms with E-state index in [-0.39, 0.29) is 0 Å². The van der Waals surface area contributed by atoms with Crippen LogP contribution in [0.5, 0.6) is 5.75 Å². The first-order valence-corrected chi connectivity index (χ1v) is 9.98. The van der Waals surface area contributed by atoms with E-state index in [1.165, 1.54) is 6.21 Å². The normalized spacial score (nSPS) is 10.7. The third-order valence-electron chi connectivity index (χ3n) is 4.50. The smallest absolute Gasteiger partial charge is 0.329 e. The number of aryl methyl sites for hydroxylation is 2.